The van der Waals surface area contributed by atoms with Gasteiger partial charge in [0.05, 0.1) is 6.04 Å². The molecule has 0 bridgehead atoms. The molecule has 2 aromatic rings. The van der Waals surface area contributed by atoms with Gasteiger partial charge in [0.25, 0.3) is 0 Å². The lowest BCUT2D eigenvalue weighted by Gasteiger charge is -2.16. The van der Waals surface area contributed by atoms with Crippen LogP contribution in [0.4, 0.5) is 4.79 Å². The SMILES string of the molecule is CC(NC(=O)N[C@@H]1C=C[C@H](CO)C1)c1cc2cc(Cl)ccc2o1. The number of furan rings is 1. The number of hydrogen-bond acceptors (Lipinski definition) is 3. The van der Waals surface area contributed by atoms with E-state index in [1.54, 1.807) is 6.07 Å². The molecule has 0 saturated carbocycles. The third-order valence-corrected chi connectivity index (χ3v) is 4.23. The zero-order chi connectivity index (χ0) is 16.4. The fourth-order valence-corrected chi connectivity index (χ4v) is 2.92. The molecule has 0 aliphatic heterocycles. The summed E-state index contributed by atoms with van der Waals surface area (Å²) < 4.78 is 5.74. The van der Waals surface area contributed by atoms with E-state index in [0.29, 0.717) is 10.8 Å². The molecule has 1 unspecified atom stereocenters. The van der Waals surface area contributed by atoms with Gasteiger partial charge in [-0.1, -0.05) is 23.8 Å². The number of carbonyl (C=O) groups excluding carboxylic acids is 1. The predicted octanol–water partition coefficient (Wildman–Crippen LogP) is 3.38. The Morgan fingerprint density at radius 2 is 2.26 bits per heavy atom. The largest absolute Gasteiger partial charge is 0.459 e. The summed E-state index contributed by atoms with van der Waals surface area (Å²) >= 11 is 5.97. The first-order valence-corrected chi connectivity index (χ1v) is 7.98. The Hall–Kier alpha value is -1.98. The lowest BCUT2D eigenvalue weighted by molar-refractivity contribution is 0.228. The molecular weight excluding hydrogens is 316 g/mol. The molecule has 3 rings (SSSR count). The molecule has 3 atom stereocenters. The van der Waals surface area contributed by atoms with Crippen LogP contribution in [0.3, 0.4) is 0 Å². The highest BCUT2D eigenvalue weighted by Crippen LogP contribution is 2.26. The number of aliphatic hydroxyl groups excluding tert-OH is 1. The molecule has 1 aromatic carbocycles. The first-order chi connectivity index (χ1) is 11.0. The number of nitrogens with one attached hydrogen (secondary N) is 2. The van der Waals surface area contributed by atoms with Crippen LogP contribution in [0.25, 0.3) is 11.0 Å². The van der Waals surface area contributed by atoms with Crippen molar-refractivity contribution in [2.24, 2.45) is 5.92 Å². The van der Waals surface area contributed by atoms with Crippen molar-refractivity contribution in [1.29, 1.82) is 0 Å². The highest BCUT2D eigenvalue weighted by atomic mass is 35.5. The minimum atomic E-state index is -0.264. The van der Waals surface area contributed by atoms with E-state index in [2.05, 4.69) is 10.6 Å². The Bertz CT molecular complexity index is 741. The molecule has 5 nitrogen and oxygen atoms in total. The number of benzene rings is 1. The molecule has 2 amide bonds. The van der Waals surface area contributed by atoms with Crippen molar-refractivity contribution < 1.29 is 14.3 Å². The number of urea groups is 1. The van der Waals surface area contributed by atoms with E-state index in [9.17, 15) is 4.79 Å². The second kappa shape index (κ2) is 6.64. The lowest BCUT2D eigenvalue weighted by atomic mass is 10.1. The van der Waals surface area contributed by atoms with Gasteiger partial charge in [-0.25, -0.2) is 4.79 Å². The minimum absolute atomic E-state index is 0.0474. The second-order valence-electron chi connectivity index (χ2n) is 5.84. The average Bonchev–Trinajstić information content (AvgIpc) is 3.12. The van der Waals surface area contributed by atoms with Crippen molar-refractivity contribution in [2.75, 3.05) is 6.61 Å². The fraction of sp³-hybridized carbons (Fsp3) is 0.353. The van der Waals surface area contributed by atoms with Crippen LogP contribution in [-0.2, 0) is 0 Å². The molecule has 0 spiro atoms. The number of halogens is 1. The van der Waals surface area contributed by atoms with Gasteiger partial charge in [0.15, 0.2) is 0 Å². The summed E-state index contributed by atoms with van der Waals surface area (Å²) in [6.45, 7) is 1.97. The monoisotopic (exact) mass is 334 g/mol. The fourth-order valence-electron chi connectivity index (χ4n) is 2.74. The molecule has 1 aliphatic carbocycles. The maximum Gasteiger partial charge on any atom is 0.315 e. The molecule has 0 fully saturated rings. The van der Waals surface area contributed by atoms with E-state index < -0.39 is 0 Å². The van der Waals surface area contributed by atoms with E-state index in [4.69, 9.17) is 21.1 Å². The molecular formula is C17H19ClN2O3. The zero-order valence-corrected chi connectivity index (χ0v) is 13.5. The Balaban J connectivity index is 1.60. The van der Waals surface area contributed by atoms with Crippen molar-refractivity contribution in [2.45, 2.75) is 25.4 Å². The lowest BCUT2D eigenvalue weighted by Crippen LogP contribution is -2.41. The van der Waals surface area contributed by atoms with Gasteiger partial charge in [0.1, 0.15) is 11.3 Å². The maximum absolute atomic E-state index is 12.1. The van der Waals surface area contributed by atoms with Crippen molar-refractivity contribution in [3.63, 3.8) is 0 Å². The van der Waals surface area contributed by atoms with Crippen LogP contribution in [-0.4, -0.2) is 23.8 Å². The van der Waals surface area contributed by atoms with E-state index in [0.717, 1.165) is 17.4 Å². The van der Waals surface area contributed by atoms with E-state index in [-0.39, 0.29) is 30.6 Å². The quantitative estimate of drug-likeness (QED) is 0.750. The molecule has 0 saturated heterocycles. The van der Waals surface area contributed by atoms with Crippen LogP contribution in [0.1, 0.15) is 25.1 Å². The molecule has 1 heterocycles. The number of hydrogen-bond donors (Lipinski definition) is 3. The van der Waals surface area contributed by atoms with E-state index in [1.807, 2.05) is 37.3 Å². The molecule has 122 valence electrons. The van der Waals surface area contributed by atoms with Crippen LogP contribution >= 0.6 is 11.6 Å². The third-order valence-electron chi connectivity index (χ3n) is 4.00. The Morgan fingerprint density at radius 1 is 1.43 bits per heavy atom. The molecule has 23 heavy (non-hydrogen) atoms. The summed E-state index contributed by atoms with van der Waals surface area (Å²) in [6, 6.07) is 6.72. The summed E-state index contributed by atoms with van der Waals surface area (Å²) in [5.41, 5.74) is 0.739. The number of fused-ring (bicyclic) bond motifs is 1. The van der Waals surface area contributed by atoms with Gasteiger partial charge in [-0.3, -0.25) is 0 Å². The number of carbonyl (C=O) groups is 1. The number of amides is 2. The van der Waals surface area contributed by atoms with Gasteiger partial charge in [0.2, 0.25) is 0 Å². The highest BCUT2D eigenvalue weighted by molar-refractivity contribution is 6.31. The van der Waals surface area contributed by atoms with Crippen molar-refractivity contribution in [3.8, 4) is 0 Å². The minimum Gasteiger partial charge on any atom is -0.459 e. The maximum atomic E-state index is 12.1. The smallest absolute Gasteiger partial charge is 0.315 e. The molecule has 6 heteroatoms. The van der Waals surface area contributed by atoms with Gasteiger partial charge in [0, 0.05) is 29.0 Å². The second-order valence-corrected chi connectivity index (χ2v) is 6.28. The standard InChI is InChI=1S/C17H19ClN2O3/c1-10(16-8-12-7-13(18)3-5-15(12)23-16)19-17(22)20-14-4-2-11(6-14)9-21/h2-5,7-8,10-11,14,21H,6,9H2,1H3,(H2,19,20,22)/t10?,11-,14+/m0/s1. The molecule has 1 aromatic heterocycles. The molecule has 1 aliphatic rings. The number of aliphatic hydroxyl groups is 1. The summed E-state index contributed by atoms with van der Waals surface area (Å²) in [5.74, 6) is 0.797. The average molecular weight is 335 g/mol. The summed E-state index contributed by atoms with van der Waals surface area (Å²) in [5, 5.41) is 16.4. The summed E-state index contributed by atoms with van der Waals surface area (Å²) in [6.07, 6.45) is 4.56. The van der Waals surface area contributed by atoms with Crippen molar-refractivity contribution >= 4 is 28.6 Å². The van der Waals surface area contributed by atoms with E-state index in [1.165, 1.54) is 0 Å². The van der Waals surface area contributed by atoms with Crippen LogP contribution in [0.15, 0.2) is 40.8 Å². The normalized spacial score (nSPS) is 21.5. The number of rotatable bonds is 4. The van der Waals surface area contributed by atoms with Crippen molar-refractivity contribution in [1.82, 2.24) is 10.6 Å². The van der Waals surface area contributed by atoms with Crippen LogP contribution < -0.4 is 10.6 Å². The summed E-state index contributed by atoms with van der Waals surface area (Å²) in [7, 11) is 0. The Kier molecular flexibility index (Phi) is 4.59. The Morgan fingerprint density at radius 3 is 3.00 bits per heavy atom. The predicted molar refractivity (Wildman–Crippen MR) is 89.4 cm³/mol. The van der Waals surface area contributed by atoms with Gasteiger partial charge < -0.3 is 20.2 Å². The van der Waals surface area contributed by atoms with Crippen LogP contribution in [0.2, 0.25) is 5.02 Å². The van der Waals surface area contributed by atoms with Crippen LogP contribution in [0.5, 0.6) is 0 Å². The third kappa shape index (κ3) is 3.68. The van der Waals surface area contributed by atoms with Crippen LogP contribution in [0, 0.1) is 5.92 Å². The van der Waals surface area contributed by atoms with Gasteiger partial charge >= 0.3 is 6.03 Å². The van der Waals surface area contributed by atoms with Gasteiger partial charge in [-0.15, -0.1) is 0 Å². The molecule has 0 radical (unpaired) electrons. The first kappa shape index (κ1) is 15.9. The first-order valence-electron chi connectivity index (χ1n) is 7.60. The topological polar surface area (TPSA) is 74.5 Å². The van der Waals surface area contributed by atoms with Gasteiger partial charge in [-0.05, 0) is 37.6 Å². The molecule has 3 N–H and O–H groups in total. The van der Waals surface area contributed by atoms with Gasteiger partial charge in [-0.2, -0.15) is 0 Å². The Labute approximate surface area is 139 Å². The van der Waals surface area contributed by atoms with E-state index >= 15 is 0 Å². The van der Waals surface area contributed by atoms with Crippen molar-refractivity contribution in [3.05, 3.63) is 47.2 Å². The zero-order valence-electron chi connectivity index (χ0n) is 12.8. The highest BCUT2D eigenvalue weighted by Gasteiger charge is 2.21. The summed E-state index contributed by atoms with van der Waals surface area (Å²) in [4.78, 5) is 12.1.